The Morgan fingerprint density at radius 3 is 2.81 bits per heavy atom. The van der Waals surface area contributed by atoms with Crippen LogP contribution in [0, 0.1) is 11.3 Å². The number of amides is 2. The van der Waals surface area contributed by atoms with Crippen LogP contribution in [-0.4, -0.2) is 35.8 Å². The van der Waals surface area contributed by atoms with Crippen LogP contribution >= 0.6 is 0 Å². The summed E-state index contributed by atoms with van der Waals surface area (Å²) in [6.07, 6.45) is 3.77. The van der Waals surface area contributed by atoms with Gasteiger partial charge in [-0.05, 0) is 30.2 Å². The Labute approximate surface area is 123 Å². The molecular weight excluding hydrogens is 266 g/mol. The Bertz CT molecular complexity index is 599. The average molecular weight is 283 g/mol. The summed E-state index contributed by atoms with van der Waals surface area (Å²) in [7, 11) is 0. The molecule has 0 saturated carbocycles. The lowest BCUT2D eigenvalue weighted by atomic mass is 10.1. The minimum Gasteiger partial charge on any atom is -0.353 e. The number of hydrogen-bond donors (Lipinski definition) is 1. The largest absolute Gasteiger partial charge is 0.353 e. The molecule has 0 aromatic heterocycles. The van der Waals surface area contributed by atoms with E-state index in [1.165, 1.54) is 6.08 Å². The maximum Gasteiger partial charge on any atom is 0.247 e. The number of rotatable bonds is 3. The summed E-state index contributed by atoms with van der Waals surface area (Å²) in [4.78, 5) is 25.5. The fourth-order valence-corrected chi connectivity index (χ4v) is 2.32. The first-order valence-corrected chi connectivity index (χ1v) is 6.92. The summed E-state index contributed by atoms with van der Waals surface area (Å²) in [5.41, 5.74) is 1.43. The predicted molar refractivity (Wildman–Crippen MR) is 79.0 cm³/mol. The van der Waals surface area contributed by atoms with Gasteiger partial charge in [-0.25, -0.2) is 0 Å². The molecule has 2 rings (SSSR count). The van der Waals surface area contributed by atoms with E-state index in [1.807, 2.05) is 13.0 Å². The summed E-state index contributed by atoms with van der Waals surface area (Å²) >= 11 is 0. The van der Waals surface area contributed by atoms with Crippen LogP contribution in [0.25, 0.3) is 6.08 Å². The summed E-state index contributed by atoms with van der Waals surface area (Å²) in [6.45, 7) is 2.91. The van der Waals surface area contributed by atoms with E-state index in [0.29, 0.717) is 25.1 Å². The van der Waals surface area contributed by atoms with Crippen LogP contribution in [0.3, 0.4) is 0 Å². The van der Waals surface area contributed by atoms with Crippen molar-refractivity contribution in [3.8, 4) is 6.07 Å². The molecule has 0 bridgehead atoms. The Morgan fingerprint density at radius 1 is 1.48 bits per heavy atom. The van der Waals surface area contributed by atoms with E-state index in [9.17, 15) is 9.59 Å². The molecule has 1 heterocycles. The SMILES string of the molecule is CCC1C(=O)NCCN1C(=O)C=Cc1ccc(C#N)cc1. The highest BCUT2D eigenvalue weighted by molar-refractivity contribution is 5.96. The second-order valence-electron chi connectivity index (χ2n) is 4.81. The van der Waals surface area contributed by atoms with Crippen LogP contribution < -0.4 is 5.32 Å². The molecule has 0 radical (unpaired) electrons. The number of piperazine rings is 1. The maximum absolute atomic E-state index is 12.2. The van der Waals surface area contributed by atoms with Crippen molar-refractivity contribution in [3.63, 3.8) is 0 Å². The van der Waals surface area contributed by atoms with Gasteiger partial charge in [-0.2, -0.15) is 5.26 Å². The Morgan fingerprint density at radius 2 is 2.19 bits per heavy atom. The third kappa shape index (κ3) is 3.48. The van der Waals surface area contributed by atoms with Gasteiger partial charge in [0.25, 0.3) is 0 Å². The normalized spacial score (nSPS) is 18.4. The lowest BCUT2D eigenvalue weighted by Crippen LogP contribution is -2.56. The van der Waals surface area contributed by atoms with Gasteiger partial charge in [0.2, 0.25) is 11.8 Å². The summed E-state index contributed by atoms with van der Waals surface area (Å²) < 4.78 is 0. The Balaban J connectivity index is 2.07. The highest BCUT2D eigenvalue weighted by Gasteiger charge is 2.30. The lowest BCUT2D eigenvalue weighted by molar-refractivity contribution is -0.140. The van der Waals surface area contributed by atoms with Gasteiger partial charge in [0, 0.05) is 19.2 Å². The van der Waals surface area contributed by atoms with Crippen LogP contribution in [0.4, 0.5) is 0 Å². The second kappa shape index (κ2) is 6.71. The Kier molecular flexibility index (Phi) is 4.72. The van der Waals surface area contributed by atoms with E-state index in [-0.39, 0.29) is 11.8 Å². The van der Waals surface area contributed by atoms with Gasteiger partial charge in [-0.3, -0.25) is 9.59 Å². The van der Waals surface area contributed by atoms with E-state index >= 15 is 0 Å². The number of carbonyl (C=O) groups is 2. The van der Waals surface area contributed by atoms with E-state index in [0.717, 1.165) is 5.56 Å². The molecule has 21 heavy (non-hydrogen) atoms. The third-order valence-corrected chi connectivity index (χ3v) is 3.46. The first-order valence-electron chi connectivity index (χ1n) is 6.92. The second-order valence-corrected chi connectivity index (χ2v) is 4.81. The number of hydrogen-bond acceptors (Lipinski definition) is 3. The summed E-state index contributed by atoms with van der Waals surface area (Å²) in [6, 6.07) is 8.62. The molecule has 5 heteroatoms. The van der Waals surface area contributed by atoms with Crippen LogP contribution in [0.2, 0.25) is 0 Å². The van der Waals surface area contributed by atoms with Crippen LogP contribution in [-0.2, 0) is 9.59 Å². The molecule has 5 nitrogen and oxygen atoms in total. The zero-order valence-electron chi connectivity index (χ0n) is 11.9. The molecule has 1 N–H and O–H groups in total. The predicted octanol–water partition coefficient (Wildman–Crippen LogP) is 1.31. The van der Waals surface area contributed by atoms with Crippen molar-refractivity contribution in [1.29, 1.82) is 5.26 Å². The van der Waals surface area contributed by atoms with E-state index in [2.05, 4.69) is 5.32 Å². The number of nitrogens with zero attached hydrogens (tertiary/aromatic N) is 2. The van der Waals surface area contributed by atoms with Crippen molar-refractivity contribution < 1.29 is 9.59 Å². The van der Waals surface area contributed by atoms with E-state index in [1.54, 1.807) is 35.2 Å². The molecule has 108 valence electrons. The van der Waals surface area contributed by atoms with E-state index < -0.39 is 6.04 Å². The fourth-order valence-electron chi connectivity index (χ4n) is 2.32. The number of nitriles is 1. The third-order valence-electron chi connectivity index (χ3n) is 3.46. The van der Waals surface area contributed by atoms with Crippen molar-refractivity contribution in [2.75, 3.05) is 13.1 Å². The van der Waals surface area contributed by atoms with Gasteiger partial charge in [0.1, 0.15) is 6.04 Å². The number of benzene rings is 1. The molecule has 0 aliphatic carbocycles. The van der Waals surface area contributed by atoms with Crippen LogP contribution in [0.1, 0.15) is 24.5 Å². The molecule has 0 spiro atoms. The van der Waals surface area contributed by atoms with Crippen molar-refractivity contribution >= 4 is 17.9 Å². The van der Waals surface area contributed by atoms with Gasteiger partial charge in [0.05, 0.1) is 11.6 Å². The van der Waals surface area contributed by atoms with Crippen molar-refractivity contribution in [2.45, 2.75) is 19.4 Å². The quantitative estimate of drug-likeness (QED) is 0.850. The summed E-state index contributed by atoms with van der Waals surface area (Å²) in [5, 5.41) is 11.5. The molecule has 1 saturated heterocycles. The van der Waals surface area contributed by atoms with Crippen LogP contribution in [0.15, 0.2) is 30.3 Å². The first-order chi connectivity index (χ1) is 10.2. The molecule has 1 aromatic carbocycles. The molecule has 1 unspecified atom stereocenters. The summed E-state index contributed by atoms with van der Waals surface area (Å²) in [5.74, 6) is -0.259. The monoisotopic (exact) mass is 283 g/mol. The molecule has 1 aliphatic rings. The van der Waals surface area contributed by atoms with Crippen LogP contribution in [0.5, 0.6) is 0 Å². The number of nitrogens with one attached hydrogen (secondary N) is 1. The van der Waals surface area contributed by atoms with Gasteiger partial charge < -0.3 is 10.2 Å². The lowest BCUT2D eigenvalue weighted by Gasteiger charge is -2.33. The van der Waals surface area contributed by atoms with Crippen molar-refractivity contribution in [1.82, 2.24) is 10.2 Å². The molecule has 1 aromatic rings. The van der Waals surface area contributed by atoms with Gasteiger partial charge in [-0.1, -0.05) is 19.1 Å². The molecule has 1 aliphatic heterocycles. The van der Waals surface area contributed by atoms with Crippen molar-refractivity contribution in [3.05, 3.63) is 41.5 Å². The number of carbonyl (C=O) groups excluding carboxylic acids is 2. The first kappa shape index (κ1) is 14.8. The molecule has 1 atom stereocenters. The van der Waals surface area contributed by atoms with Crippen molar-refractivity contribution in [2.24, 2.45) is 0 Å². The molecular formula is C16H17N3O2. The fraction of sp³-hybridized carbons (Fsp3) is 0.312. The average Bonchev–Trinajstić information content (AvgIpc) is 2.52. The molecule has 2 amide bonds. The highest BCUT2D eigenvalue weighted by atomic mass is 16.2. The minimum absolute atomic E-state index is 0.0936. The van der Waals surface area contributed by atoms with Gasteiger partial charge in [0.15, 0.2) is 0 Å². The minimum atomic E-state index is -0.392. The topological polar surface area (TPSA) is 73.2 Å². The van der Waals surface area contributed by atoms with Gasteiger partial charge in [-0.15, -0.1) is 0 Å². The highest BCUT2D eigenvalue weighted by Crippen LogP contribution is 2.11. The van der Waals surface area contributed by atoms with E-state index in [4.69, 9.17) is 5.26 Å². The zero-order chi connectivity index (χ0) is 15.2. The van der Waals surface area contributed by atoms with Gasteiger partial charge >= 0.3 is 0 Å². The zero-order valence-corrected chi connectivity index (χ0v) is 11.9. The molecule has 1 fully saturated rings. The smallest absolute Gasteiger partial charge is 0.247 e. The maximum atomic E-state index is 12.2. The standard InChI is InChI=1S/C16H17N3O2/c1-2-14-16(21)18-9-10-19(14)15(20)8-7-12-3-5-13(11-17)6-4-12/h3-8,14H,2,9-10H2,1H3,(H,18,21). The Hall–Kier alpha value is -2.61.